The second-order valence-corrected chi connectivity index (χ2v) is 14.3. The molecule has 6 rings (SSSR count). The van der Waals surface area contributed by atoms with Crippen LogP contribution in [0.2, 0.25) is 0 Å². The summed E-state index contributed by atoms with van der Waals surface area (Å²) in [4.78, 5) is 43.7. The first-order valence-corrected chi connectivity index (χ1v) is 17.4. The van der Waals surface area contributed by atoms with Gasteiger partial charge >= 0.3 is 18.3 Å². The van der Waals surface area contributed by atoms with Gasteiger partial charge in [-0.3, -0.25) is 14.9 Å². The average molecular weight is 715 g/mol. The number of hydrogen-bond acceptors (Lipinski definition) is 14. The molecular formula is C31H33F3N10O5S. The predicted molar refractivity (Wildman–Crippen MR) is 173 cm³/mol. The largest absolute Gasteiger partial charge is 0.467 e. The molecule has 0 aromatic carbocycles. The van der Waals surface area contributed by atoms with Crippen molar-refractivity contribution >= 4 is 27.7 Å². The molecule has 0 saturated heterocycles. The van der Waals surface area contributed by atoms with Crippen LogP contribution in [0.4, 0.5) is 29.7 Å². The van der Waals surface area contributed by atoms with Gasteiger partial charge < -0.3 is 20.5 Å². The van der Waals surface area contributed by atoms with Crippen molar-refractivity contribution in [2.45, 2.75) is 67.2 Å². The van der Waals surface area contributed by atoms with Crippen molar-refractivity contribution in [3.63, 3.8) is 0 Å². The second-order valence-electron chi connectivity index (χ2n) is 12.3. The van der Waals surface area contributed by atoms with Crippen molar-refractivity contribution < 1.29 is 35.9 Å². The van der Waals surface area contributed by atoms with Crippen LogP contribution in [0, 0.1) is 0 Å². The molecule has 4 aromatic heterocycles. The number of nitrogens with one attached hydrogen (secondary N) is 1. The number of nitrogens with two attached hydrogens (primary N) is 1. The number of pyridine rings is 1. The van der Waals surface area contributed by atoms with E-state index in [-0.39, 0.29) is 46.9 Å². The molecule has 0 aliphatic heterocycles. The molecule has 0 spiro atoms. The SMILES string of the molecule is COc1ncc(-c2cnc(N(C(=O)OCC3(N)CC3)C3CCC(Nc4ncc(C(F)(F)F)c(-c5cncc(S(C)(=O)=O)c5)n4)CC3)cn2)cn1. The molecular weight excluding hydrogens is 681 g/mol. The number of methoxy groups -OCH3 is 1. The molecule has 0 bridgehead atoms. The number of carbonyl (C=O) groups excluding carboxylic acids is 1. The molecule has 264 valence electrons. The number of alkyl halides is 3. The van der Waals surface area contributed by atoms with E-state index in [9.17, 15) is 26.4 Å². The summed E-state index contributed by atoms with van der Waals surface area (Å²) in [5.41, 5.74) is 4.93. The van der Waals surface area contributed by atoms with E-state index in [1.807, 2.05) is 0 Å². The quantitative estimate of drug-likeness (QED) is 0.238. The Kier molecular flexibility index (Phi) is 9.54. The van der Waals surface area contributed by atoms with Gasteiger partial charge in [0.05, 0.1) is 41.3 Å². The normalized spacial score (nSPS) is 18.6. The standard InChI is InChI=1S/C31H33F3N10O5S/c1-48-28-40-11-19(12-41-28)24-15-38-25(16-37-24)44(29(45)49-17-30(35)7-8-30)21-5-3-20(4-6-21)42-27-39-14-23(31(32,33)34)26(43-27)18-9-22(13-36-10-18)50(2,46)47/h9-16,20-21H,3-8,17,35H2,1-2H3,(H,39,42,43). The first-order chi connectivity index (χ1) is 23.7. The molecule has 4 heterocycles. The Labute approximate surface area is 284 Å². The Hall–Kier alpha value is -5.04. The zero-order valence-corrected chi connectivity index (χ0v) is 27.8. The van der Waals surface area contributed by atoms with E-state index in [4.69, 9.17) is 15.2 Å². The molecule has 3 N–H and O–H groups in total. The van der Waals surface area contributed by atoms with Crippen LogP contribution >= 0.6 is 0 Å². The second kappa shape index (κ2) is 13.7. The van der Waals surface area contributed by atoms with Crippen LogP contribution in [0.15, 0.2) is 54.3 Å². The highest BCUT2D eigenvalue weighted by Gasteiger charge is 2.41. The lowest BCUT2D eigenvalue weighted by Crippen LogP contribution is -2.46. The first kappa shape index (κ1) is 34.8. The van der Waals surface area contributed by atoms with Crippen LogP contribution in [0.1, 0.15) is 44.1 Å². The topological polar surface area (TPSA) is 201 Å². The lowest BCUT2D eigenvalue weighted by molar-refractivity contribution is -0.137. The summed E-state index contributed by atoms with van der Waals surface area (Å²) < 4.78 is 76.5. The molecule has 15 nitrogen and oxygen atoms in total. The summed E-state index contributed by atoms with van der Waals surface area (Å²) in [6.07, 6.45) is 7.83. The van der Waals surface area contributed by atoms with Crippen molar-refractivity contribution in [2.24, 2.45) is 5.73 Å². The van der Waals surface area contributed by atoms with Crippen LogP contribution in [-0.2, 0) is 20.8 Å². The van der Waals surface area contributed by atoms with Gasteiger partial charge in [0.2, 0.25) is 5.95 Å². The van der Waals surface area contributed by atoms with Crippen LogP contribution in [0.3, 0.4) is 0 Å². The number of anilines is 2. The van der Waals surface area contributed by atoms with Crippen LogP contribution in [0.25, 0.3) is 22.5 Å². The van der Waals surface area contributed by atoms with Gasteiger partial charge in [0.15, 0.2) is 15.7 Å². The monoisotopic (exact) mass is 714 g/mol. The van der Waals surface area contributed by atoms with Gasteiger partial charge in [-0.05, 0) is 44.6 Å². The highest BCUT2D eigenvalue weighted by Crippen LogP contribution is 2.37. The fourth-order valence-corrected chi connectivity index (χ4v) is 6.04. The minimum Gasteiger partial charge on any atom is -0.467 e. The van der Waals surface area contributed by atoms with E-state index in [0.29, 0.717) is 43.1 Å². The van der Waals surface area contributed by atoms with Gasteiger partial charge in [-0.15, -0.1) is 0 Å². The Balaban J connectivity index is 1.19. The van der Waals surface area contributed by atoms with Crippen molar-refractivity contribution in [3.05, 3.63) is 55.0 Å². The molecule has 0 radical (unpaired) electrons. The zero-order valence-electron chi connectivity index (χ0n) is 27.0. The smallest absolute Gasteiger partial charge is 0.419 e. The third kappa shape index (κ3) is 8.05. The van der Waals surface area contributed by atoms with Gasteiger partial charge in [-0.2, -0.15) is 13.2 Å². The minimum absolute atomic E-state index is 0.0597. The van der Waals surface area contributed by atoms with Gasteiger partial charge in [-0.25, -0.2) is 38.1 Å². The summed E-state index contributed by atoms with van der Waals surface area (Å²) >= 11 is 0. The number of rotatable bonds is 10. The molecule has 2 aliphatic carbocycles. The molecule has 1 amide bonds. The number of nitrogens with zero attached hydrogens (tertiary/aromatic N) is 8. The lowest BCUT2D eigenvalue weighted by Gasteiger charge is -2.36. The number of aromatic nitrogens is 7. The highest BCUT2D eigenvalue weighted by molar-refractivity contribution is 7.90. The molecule has 2 saturated carbocycles. The molecule has 0 atom stereocenters. The van der Waals surface area contributed by atoms with E-state index in [1.54, 1.807) is 12.4 Å². The van der Waals surface area contributed by atoms with Gasteiger partial charge in [0.1, 0.15) is 12.2 Å². The lowest BCUT2D eigenvalue weighted by atomic mass is 9.90. The third-order valence-electron chi connectivity index (χ3n) is 8.47. The Bertz CT molecular complexity index is 1960. The minimum atomic E-state index is -4.81. The van der Waals surface area contributed by atoms with E-state index >= 15 is 0 Å². The maximum atomic E-state index is 13.9. The maximum Gasteiger partial charge on any atom is 0.419 e. The van der Waals surface area contributed by atoms with Gasteiger partial charge in [0.25, 0.3) is 0 Å². The zero-order chi connectivity index (χ0) is 35.7. The number of ether oxygens (including phenoxy) is 2. The molecule has 0 unspecified atom stereocenters. The predicted octanol–water partition coefficient (Wildman–Crippen LogP) is 4.07. The van der Waals surface area contributed by atoms with Crippen molar-refractivity contribution in [3.8, 4) is 28.5 Å². The molecule has 2 aliphatic rings. The average Bonchev–Trinajstić information content (AvgIpc) is 3.84. The number of carbonyl (C=O) groups is 1. The van der Waals surface area contributed by atoms with Gasteiger partial charge in [0, 0.05) is 60.5 Å². The fourth-order valence-electron chi connectivity index (χ4n) is 5.45. The summed E-state index contributed by atoms with van der Waals surface area (Å²) in [5, 5.41) is 3.10. The van der Waals surface area contributed by atoms with Crippen molar-refractivity contribution in [1.82, 2.24) is 34.9 Å². The van der Waals surface area contributed by atoms with Crippen LogP contribution in [-0.4, -0.2) is 87.0 Å². The Morgan fingerprint density at radius 3 is 2.30 bits per heavy atom. The first-order valence-electron chi connectivity index (χ1n) is 15.5. The summed E-state index contributed by atoms with van der Waals surface area (Å²) in [7, 11) is -2.29. The van der Waals surface area contributed by atoms with Crippen molar-refractivity contribution in [1.29, 1.82) is 0 Å². The van der Waals surface area contributed by atoms with Crippen LogP contribution in [0.5, 0.6) is 6.01 Å². The number of halogens is 3. The van der Waals surface area contributed by atoms with Crippen molar-refractivity contribution in [2.75, 3.05) is 30.2 Å². The molecule has 50 heavy (non-hydrogen) atoms. The molecule has 19 heteroatoms. The number of hydrogen-bond donors (Lipinski definition) is 2. The van der Waals surface area contributed by atoms with E-state index in [2.05, 4.69) is 40.2 Å². The van der Waals surface area contributed by atoms with E-state index in [1.165, 1.54) is 24.4 Å². The Morgan fingerprint density at radius 1 is 0.980 bits per heavy atom. The molecule has 2 fully saturated rings. The highest BCUT2D eigenvalue weighted by atomic mass is 32.2. The summed E-state index contributed by atoms with van der Waals surface area (Å²) in [5.74, 6) is 0.200. The summed E-state index contributed by atoms with van der Waals surface area (Å²) in [6.45, 7) is 0.0597. The summed E-state index contributed by atoms with van der Waals surface area (Å²) in [6, 6.07) is 0.703. The number of sulfone groups is 1. The maximum absolute atomic E-state index is 13.9. The number of amides is 1. The third-order valence-corrected chi connectivity index (χ3v) is 9.55. The fraction of sp³-hybridized carbons (Fsp3) is 0.419. The van der Waals surface area contributed by atoms with E-state index < -0.39 is 38.9 Å². The van der Waals surface area contributed by atoms with Gasteiger partial charge in [-0.1, -0.05) is 0 Å². The molecule has 4 aromatic rings. The van der Waals surface area contributed by atoms with Crippen LogP contribution < -0.4 is 20.7 Å². The van der Waals surface area contributed by atoms with E-state index in [0.717, 1.165) is 37.6 Å². The Morgan fingerprint density at radius 2 is 1.70 bits per heavy atom.